The van der Waals surface area contributed by atoms with Crippen molar-refractivity contribution in [1.82, 2.24) is 29.6 Å². The molecule has 27 heavy (non-hydrogen) atoms. The summed E-state index contributed by atoms with van der Waals surface area (Å²) in [5.74, 6) is 2.38. The van der Waals surface area contributed by atoms with E-state index in [2.05, 4.69) is 43.5 Å². The van der Waals surface area contributed by atoms with E-state index in [4.69, 9.17) is 4.52 Å². The highest BCUT2D eigenvalue weighted by Gasteiger charge is 2.28. The van der Waals surface area contributed by atoms with E-state index in [9.17, 15) is 0 Å². The number of hydrogen-bond donors (Lipinski definition) is 0. The first-order valence-electron chi connectivity index (χ1n) is 9.39. The third kappa shape index (κ3) is 4.06. The van der Waals surface area contributed by atoms with Crippen molar-refractivity contribution in [3.05, 3.63) is 41.2 Å². The lowest BCUT2D eigenvalue weighted by molar-refractivity contribution is 0.198. The normalized spacial score (nSPS) is 18.3. The van der Waals surface area contributed by atoms with Crippen LogP contribution in [-0.4, -0.2) is 42.7 Å². The Morgan fingerprint density at radius 3 is 2.81 bits per heavy atom. The molecule has 3 aromatic rings. The maximum absolute atomic E-state index is 5.44. The molecule has 7 nitrogen and oxygen atoms in total. The molecular weight excluding hydrogens is 360 g/mol. The molecule has 0 saturated carbocycles. The van der Waals surface area contributed by atoms with Crippen LogP contribution in [0.3, 0.4) is 0 Å². The summed E-state index contributed by atoms with van der Waals surface area (Å²) < 4.78 is 9.63. The van der Waals surface area contributed by atoms with E-state index in [1.807, 2.05) is 25.4 Å². The third-order valence-electron chi connectivity index (χ3n) is 4.91. The molecule has 0 aliphatic carbocycles. The van der Waals surface area contributed by atoms with Gasteiger partial charge in [0.1, 0.15) is 10.7 Å². The van der Waals surface area contributed by atoms with Gasteiger partial charge in [-0.05, 0) is 37.8 Å². The van der Waals surface area contributed by atoms with Gasteiger partial charge in [-0.25, -0.2) is 9.97 Å². The van der Waals surface area contributed by atoms with Gasteiger partial charge in [0.2, 0.25) is 0 Å². The van der Waals surface area contributed by atoms with Crippen LogP contribution in [0.15, 0.2) is 23.0 Å². The van der Waals surface area contributed by atoms with Crippen LogP contribution < -0.4 is 0 Å². The first-order chi connectivity index (χ1) is 13.1. The lowest BCUT2D eigenvalue weighted by atomic mass is 9.93. The molecule has 8 heteroatoms. The van der Waals surface area contributed by atoms with Crippen molar-refractivity contribution in [3.8, 4) is 10.6 Å². The zero-order valence-corrected chi connectivity index (χ0v) is 16.7. The molecule has 1 fully saturated rings. The SMILES string of the molecule is Cc1cc(-c2snnc2[C@H]2CCCN(Cc3cnc(C(C)C)nc3)C2)on1. The zero-order chi connectivity index (χ0) is 18.8. The average molecular weight is 385 g/mol. The zero-order valence-electron chi connectivity index (χ0n) is 15.9. The minimum atomic E-state index is 0.355. The molecule has 1 aliphatic heterocycles. The second kappa shape index (κ2) is 7.82. The maximum Gasteiger partial charge on any atom is 0.180 e. The topological polar surface area (TPSA) is 80.8 Å². The van der Waals surface area contributed by atoms with E-state index in [1.54, 1.807) is 0 Å². The van der Waals surface area contributed by atoms with Crippen LogP contribution in [0.2, 0.25) is 0 Å². The predicted octanol–water partition coefficient (Wildman–Crippen LogP) is 3.79. The molecule has 0 bridgehead atoms. The summed E-state index contributed by atoms with van der Waals surface area (Å²) in [4.78, 5) is 12.4. The van der Waals surface area contributed by atoms with Gasteiger partial charge in [-0.2, -0.15) is 0 Å². The number of nitrogens with zero attached hydrogens (tertiary/aromatic N) is 6. The first-order valence-corrected chi connectivity index (χ1v) is 10.2. The monoisotopic (exact) mass is 384 g/mol. The Kier molecular flexibility index (Phi) is 5.27. The summed E-state index contributed by atoms with van der Waals surface area (Å²) >= 11 is 1.39. The molecule has 0 N–H and O–H groups in total. The third-order valence-corrected chi connectivity index (χ3v) is 5.66. The summed E-state index contributed by atoms with van der Waals surface area (Å²) in [5, 5.41) is 8.43. The van der Waals surface area contributed by atoms with Crippen LogP contribution >= 0.6 is 11.5 Å². The molecule has 3 aromatic heterocycles. The molecule has 0 spiro atoms. The van der Waals surface area contributed by atoms with E-state index >= 15 is 0 Å². The second-order valence-electron chi connectivity index (χ2n) is 7.50. The van der Waals surface area contributed by atoms with Crippen LogP contribution in [0.4, 0.5) is 0 Å². The molecule has 0 amide bonds. The summed E-state index contributed by atoms with van der Waals surface area (Å²) in [7, 11) is 0. The largest absolute Gasteiger partial charge is 0.355 e. The molecule has 1 saturated heterocycles. The van der Waals surface area contributed by atoms with Crippen molar-refractivity contribution in [2.75, 3.05) is 13.1 Å². The van der Waals surface area contributed by atoms with E-state index in [0.29, 0.717) is 11.8 Å². The maximum atomic E-state index is 5.44. The average Bonchev–Trinajstić information content (AvgIpc) is 3.31. The summed E-state index contributed by atoms with van der Waals surface area (Å²) in [5.41, 5.74) is 3.06. The predicted molar refractivity (Wildman–Crippen MR) is 104 cm³/mol. The Morgan fingerprint density at radius 1 is 1.30 bits per heavy atom. The Labute approximate surface area is 163 Å². The fourth-order valence-corrected chi connectivity index (χ4v) is 4.23. The van der Waals surface area contributed by atoms with Gasteiger partial charge in [0, 0.05) is 48.9 Å². The Bertz CT molecular complexity index is 888. The minimum absolute atomic E-state index is 0.355. The number of aromatic nitrogens is 5. The van der Waals surface area contributed by atoms with E-state index in [1.165, 1.54) is 11.5 Å². The van der Waals surface area contributed by atoms with Gasteiger partial charge in [-0.3, -0.25) is 4.90 Å². The van der Waals surface area contributed by atoms with E-state index in [0.717, 1.165) is 65.9 Å². The van der Waals surface area contributed by atoms with Crippen molar-refractivity contribution < 1.29 is 4.52 Å². The number of piperidine rings is 1. The number of hydrogen-bond acceptors (Lipinski definition) is 8. The lowest BCUT2D eigenvalue weighted by Crippen LogP contribution is -2.34. The minimum Gasteiger partial charge on any atom is -0.355 e. The number of aryl methyl sites for hydroxylation is 1. The summed E-state index contributed by atoms with van der Waals surface area (Å²) in [6.07, 6.45) is 6.17. The van der Waals surface area contributed by atoms with Crippen molar-refractivity contribution in [2.45, 2.75) is 52.0 Å². The molecule has 4 heterocycles. The molecule has 0 aromatic carbocycles. The lowest BCUT2D eigenvalue weighted by Gasteiger charge is -2.32. The van der Waals surface area contributed by atoms with Crippen LogP contribution in [0, 0.1) is 6.92 Å². The number of rotatable bonds is 5. The van der Waals surface area contributed by atoms with Gasteiger partial charge in [0.25, 0.3) is 0 Å². The molecule has 1 atom stereocenters. The van der Waals surface area contributed by atoms with Crippen molar-refractivity contribution in [3.63, 3.8) is 0 Å². The smallest absolute Gasteiger partial charge is 0.180 e. The fourth-order valence-electron chi connectivity index (χ4n) is 3.53. The van der Waals surface area contributed by atoms with E-state index in [-0.39, 0.29) is 0 Å². The van der Waals surface area contributed by atoms with Crippen LogP contribution in [0.5, 0.6) is 0 Å². The van der Waals surface area contributed by atoms with Crippen LogP contribution in [-0.2, 0) is 6.54 Å². The summed E-state index contributed by atoms with van der Waals surface area (Å²) in [6, 6.07) is 1.95. The molecule has 4 rings (SSSR count). The van der Waals surface area contributed by atoms with Crippen LogP contribution in [0.1, 0.15) is 61.3 Å². The second-order valence-corrected chi connectivity index (χ2v) is 8.25. The first kappa shape index (κ1) is 18.2. The van der Waals surface area contributed by atoms with Gasteiger partial charge in [-0.15, -0.1) is 5.10 Å². The van der Waals surface area contributed by atoms with E-state index < -0.39 is 0 Å². The van der Waals surface area contributed by atoms with Gasteiger partial charge in [0.05, 0.1) is 11.4 Å². The molecular formula is C19H24N6OS. The highest BCUT2D eigenvalue weighted by molar-refractivity contribution is 7.09. The standard InChI is InChI=1S/C19H24N6OS/c1-12(2)19-20-8-14(9-21-19)10-25-6-4-5-15(11-25)17-18(27-24-22-17)16-7-13(3)23-26-16/h7-9,12,15H,4-6,10-11H2,1-3H3/t15-/m0/s1. The van der Waals surface area contributed by atoms with Gasteiger partial charge >= 0.3 is 0 Å². The molecule has 0 radical (unpaired) electrons. The fraction of sp³-hybridized carbons (Fsp3) is 0.526. The van der Waals surface area contributed by atoms with Gasteiger partial charge < -0.3 is 4.52 Å². The van der Waals surface area contributed by atoms with Crippen LogP contribution in [0.25, 0.3) is 10.6 Å². The van der Waals surface area contributed by atoms with Gasteiger partial charge in [0.15, 0.2) is 5.76 Å². The Morgan fingerprint density at radius 2 is 2.11 bits per heavy atom. The summed E-state index contributed by atoms with van der Waals surface area (Å²) in [6.45, 7) is 9.05. The number of likely N-dealkylation sites (tertiary alicyclic amines) is 1. The highest BCUT2D eigenvalue weighted by Crippen LogP contribution is 2.35. The quantitative estimate of drug-likeness (QED) is 0.662. The Hall–Kier alpha value is -2.19. The van der Waals surface area contributed by atoms with Crippen molar-refractivity contribution >= 4 is 11.5 Å². The van der Waals surface area contributed by atoms with Gasteiger partial charge in [-0.1, -0.05) is 23.5 Å². The highest BCUT2D eigenvalue weighted by atomic mass is 32.1. The molecule has 142 valence electrons. The molecule has 1 aliphatic rings. The Balaban J connectivity index is 1.47. The van der Waals surface area contributed by atoms with Crippen molar-refractivity contribution in [2.24, 2.45) is 0 Å². The van der Waals surface area contributed by atoms with Crippen molar-refractivity contribution in [1.29, 1.82) is 0 Å². The molecule has 0 unspecified atom stereocenters.